The Morgan fingerprint density at radius 3 is 1.80 bits per heavy atom. The largest absolute Gasteiger partial charge is 0.508 e. The molecule has 4 unspecified atom stereocenters. The number of aromatic nitrogens is 2. The molecule has 0 aliphatic carbocycles. The lowest BCUT2D eigenvalue weighted by atomic mass is 10.0. The number of nitrogens with zero attached hydrogens (tertiary/aromatic N) is 1. The Labute approximate surface area is 241 Å². The van der Waals surface area contributed by atoms with Crippen LogP contribution in [0.2, 0.25) is 0 Å². The molecule has 0 saturated heterocycles. The fourth-order valence-corrected chi connectivity index (χ4v) is 4.15. The number of aliphatic carboxylic acids is 1. The molecule has 14 heteroatoms. The normalized spacial score (nSPS) is 13.8. The predicted octanol–water partition coefficient (Wildman–Crippen LogP) is -0.355. The maximum Gasteiger partial charge on any atom is 0.326 e. The average molecular weight is 585 g/mol. The lowest BCUT2D eigenvalue weighted by molar-refractivity contribution is -0.142. The highest BCUT2D eigenvalue weighted by Crippen LogP contribution is 2.13. The van der Waals surface area contributed by atoms with Crippen molar-refractivity contribution in [1.29, 1.82) is 0 Å². The molecule has 4 atom stereocenters. The molecule has 1 aromatic heterocycles. The number of carboxylic acid groups (broad SMARTS) is 1. The Kier molecular flexibility index (Phi) is 11.1. The number of aromatic amines is 1. The summed E-state index contributed by atoms with van der Waals surface area (Å²) < 4.78 is 0. The molecule has 0 spiro atoms. The molecule has 3 amide bonds. The molecule has 2 aromatic carbocycles. The van der Waals surface area contributed by atoms with Gasteiger partial charge in [0.1, 0.15) is 29.6 Å². The van der Waals surface area contributed by atoms with Crippen molar-refractivity contribution in [3.8, 4) is 11.5 Å². The summed E-state index contributed by atoms with van der Waals surface area (Å²) >= 11 is 4.17. The van der Waals surface area contributed by atoms with Gasteiger partial charge in [-0.25, -0.2) is 9.78 Å². The Morgan fingerprint density at radius 2 is 1.29 bits per heavy atom. The number of amides is 3. The fourth-order valence-electron chi connectivity index (χ4n) is 3.89. The number of benzene rings is 2. The number of aromatic hydroxyl groups is 2. The number of rotatable bonds is 14. The number of H-pyrrole nitrogens is 1. The van der Waals surface area contributed by atoms with Gasteiger partial charge < -0.3 is 42.0 Å². The summed E-state index contributed by atoms with van der Waals surface area (Å²) in [5, 5.41) is 36.2. The van der Waals surface area contributed by atoms with Crippen LogP contribution < -0.4 is 21.7 Å². The highest BCUT2D eigenvalue weighted by Gasteiger charge is 2.30. The van der Waals surface area contributed by atoms with Crippen LogP contribution in [-0.2, 0) is 38.4 Å². The zero-order valence-corrected chi connectivity index (χ0v) is 22.8. The van der Waals surface area contributed by atoms with Crippen LogP contribution in [0.4, 0.5) is 0 Å². The zero-order valence-electron chi connectivity index (χ0n) is 21.9. The van der Waals surface area contributed by atoms with E-state index < -0.39 is 47.9 Å². The Morgan fingerprint density at radius 1 is 0.780 bits per heavy atom. The average Bonchev–Trinajstić information content (AvgIpc) is 3.46. The molecule has 0 bridgehead atoms. The molecular weight excluding hydrogens is 552 g/mol. The quantitative estimate of drug-likeness (QED) is 0.113. The molecule has 9 N–H and O–H groups in total. The van der Waals surface area contributed by atoms with Crippen LogP contribution >= 0.6 is 12.6 Å². The van der Waals surface area contributed by atoms with Crippen LogP contribution in [0.3, 0.4) is 0 Å². The van der Waals surface area contributed by atoms with E-state index in [1.54, 1.807) is 24.3 Å². The molecule has 0 fully saturated rings. The van der Waals surface area contributed by atoms with Crippen molar-refractivity contribution < 1.29 is 34.5 Å². The fraction of sp³-hybridized carbons (Fsp3) is 0.296. The van der Waals surface area contributed by atoms with Crippen molar-refractivity contribution in [2.24, 2.45) is 5.73 Å². The number of imidazole rings is 1. The first kappa shape index (κ1) is 31.0. The predicted molar refractivity (Wildman–Crippen MR) is 151 cm³/mol. The summed E-state index contributed by atoms with van der Waals surface area (Å²) in [6.07, 6.45) is 2.85. The van der Waals surface area contributed by atoms with E-state index in [4.69, 9.17) is 5.73 Å². The van der Waals surface area contributed by atoms with Gasteiger partial charge in [0, 0.05) is 30.5 Å². The zero-order chi connectivity index (χ0) is 29.9. The highest BCUT2D eigenvalue weighted by atomic mass is 32.1. The summed E-state index contributed by atoms with van der Waals surface area (Å²) in [5.74, 6) is -3.46. The number of nitrogens with one attached hydrogen (secondary N) is 4. The van der Waals surface area contributed by atoms with Crippen molar-refractivity contribution >= 4 is 36.3 Å². The number of phenolic OH excluding ortho intramolecular Hbond substituents is 2. The van der Waals surface area contributed by atoms with Crippen molar-refractivity contribution in [2.75, 3.05) is 5.75 Å². The number of hydrogen-bond acceptors (Lipinski definition) is 9. The summed E-state index contributed by atoms with van der Waals surface area (Å²) in [7, 11) is 0. The lowest BCUT2D eigenvalue weighted by Crippen LogP contribution is -2.58. The van der Waals surface area contributed by atoms with Crippen molar-refractivity contribution in [3.05, 3.63) is 77.9 Å². The molecule has 0 saturated carbocycles. The van der Waals surface area contributed by atoms with Gasteiger partial charge in [0.2, 0.25) is 17.7 Å². The first-order chi connectivity index (χ1) is 19.5. The second-order valence-electron chi connectivity index (χ2n) is 9.33. The van der Waals surface area contributed by atoms with E-state index in [0.29, 0.717) is 16.8 Å². The number of nitrogens with two attached hydrogens (primary N) is 1. The Bertz CT molecular complexity index is 1320. The molecule has 218 valence electrons. The molecule has 1 heterocycles. The van der Waals surface area contributed by atoms with Gasteiger partial charge in [-0.2, -0.15) is 12.6 Å². The highest BCUT2D eigenvalue weighted by molar-refractivity contribution is 7.80. The van der Waals surface area contributed by atoms with Crippen molar-refractivity contribution in [1.82, 2.24) is 25.9 Å². The van der Waals surface area contributed by atoms with Crippen LogP contribution in [0.25, 0.3) is 0 Å². The smallest absolute Gasteiger partial charge is 0.326 e. The van der Waals surface area contributed by atoms with E-state index >= 15 is 0 Å². The standard InChI is InChI=1S/C27H32N6O7S/c28-20(9-15-1-5-18(34)6-2-15)24(36)33-23(13-41)26(38)31-21(10-16-3-7-19(35)8-4-16)25(37)32-22(27(39)40)11-17-12-29-14-30-17/h1-8,12,14,20-23,34-35,41H,9-11,13,28H2,(H,29,30)(H,31,38)(H,32,37)(H,33,36)(H,39,40). The molecule has 0 radical (unpaired) electrons. The number of thiol groups is 1. The number of carbonyl (C=O) groups excluding carboxylic acids is 3. The minimum absolute atomic E-state index is 0.00535. The molecule has 3 rings (SSSR count). The molecule has 3 aromatic rings. The van der Waals surface area contributed by atoms with Gasteiger partial charge >= 0.3 is 5.97 Å². The maximum absolute atomic E-state index is 13.3. The third kappa shape index (κ3) is 9.54. The van der Waals surface area contributed by atoms with E-state index in [1.165, 1.54) is 36.8 Å². The van der Waals surface area contributed by atoms with Crippen LogP contribution in [0.1, 0.15) is 16.8 Å². The summed E-state index contributed by atoms with van der Waals surface area (Å²) in [6, 6.07) is 7.39. The minimum atomic E-state index is -1.32. The summed E-state index contributed by atoms with van der Waals surface area (Å²) in [5.41, 5.74) is 7.77. The van der Waals surface area contributed by atoms with Gasteiger partial charge in [-0.3, -0.25) is 14.4 Å². The van der Waals surface area contributed by atoms with Gasteiger partial charge in [-0.05, 0) is 41.8 Å². The van der Waals surface area contributed by atoms with E-state index in [9.17, 15) is 34.5 Å². The number of hydrogen-bond donors (Lipinski definition) is 9. The van der Waals surface area contributed by atoms with Crippen LogP contribution in [0, 0.1) is 0 Å². The van der Waals surface area contributed by atoms with E-state index in [2.05, 4.69) is 38.5 Å². The maximum atomic E-state index is 13.3. The monoisotopic (exact) mass is 584 g/mol. The number of phenols is 2. The number of carboxylic acids is 1. The molecule has 13 nitrogen and oxygen atoms in total. The SMILES string of the molecule is NC(Cc1ccc(O)cc1)C(=O)NC(CS)C(=O)NC(Cc1ccc(O)cc1)C(=O)NC(Cc1cnc[nH]1)C(=O)O. The van der Waals surface area contributed by atoms with E-state index in [1.807, 2.05) is 0 Å². The minimum Gasteiger partial charge on any atom is -0.508 e. The first-order valence-corrected chi connectivity index (χ1v) is 13.2. The van der Waals surface area contributed by atoms with Crippen LogP contribution in [-0.4, -0.2) is 78.9 Å². The third-order valence-electron chi connectivity index (χ3n) is 6.15. The second kappa shape index (κ2) is 14.7. The molecule has 0 aliphatic heterocycles. The van der Waals surface area contributed by atoms with Crippen molar-refractivity contribution in [2.45, 2.75) is 43.4 Å². The topological polar surface area (TPSA) is 220 Å². The molecule has 41 heavy (non-hydrogen) atoms. The van der Waals surface area contributed by atoms with Gasteiger partial charge in [0.25, 0.3) is 0 Å². The van der Waals surface area contributed by atoms with Crippen LogP contribution in [0.15, 0.2) is 61.1 Å². The van der Waals surface area contributed by atoms with Gasteiger partial charge in [0.15, 0.2) is 0 Å². The van der Waals surface area contributed by atoms with E-state index in [0.717, 1.165) is 0 Å². The van der Waals surface area contributed by atoms with Gasteiger partial charge in [0.05, 0.1) is 12.4 Å². The van der Waals surface area contributed by atoms with Crippen LogP contribution in [0.5, 0.6) is 11.5 Å². The summed E-state index contributed by atoms with van der Waals surface area (Å²) in [6.45, 7) is 0. The number of carbonyl (C=O) groups is 4. The first-order valence-electron chi connectivity index (χ1n) is 12.6. The van der Waals surface area contributed by atoms with Crippen molar-refractivity contribution in [3.63, 3.8) is 0 Å². The molecular formula is C27H32N6O7S. The second-order valence-corrected chi connectivity index (χ2v) is 9.70. The molecule has 0 aliphatic rings. The third-order valence-corrected chi connectivity index (χ3v) is 6.51. The van der Waals surface area contributed by atoms with E-state index in [-0.39, 0.29) is 36.5 Å². The van der Waals surface area contributed by atoms with Gasteiger partial charge in [-0.1, -0.05) is 24.3 Å². The summed E-state index contributed by atoms with van der Waals surface area (Å²) in [4.78, 5) is 57.6. The Hall–Kier alpha value is -4.56. The van der Waals surface area contributed by atoms with Gasteiger partial charge in [-0.15, -0.1) is 0 Å². The lowest BCUT2D eigenvalue weighted by Gasteiger charge is -2.24. The Balaban J connectivity index is 1.71.